The zero-order valence-electron chi connectivity index (χ0n) is 7.55. The van der Waals surface area contributed by atoms with E-state index in [9.17, 15) is 0 Å². The SMILES string of the molecule is NCCc1[nH]c(Br)nc1-c1cc[nH]c1. The van der Waals surface area contributed by atoms with Crippen LogP contribution in [0.3, 0.4) is 0 Å². The molecule has 0 saturated heterocycles. The van der Waals surface area contributed by atoms with Crippen molar-refractivity contribution in [1.29, 1.82) is 0 Å². The summed E-state index contributed by atoms with van der Waals surface area (Å²) in [6.07, 6.45) is 4.60. The molecule has 2 aromatic heterocycles. The molecule has 0 aliphatic carbocycles. The Bertz CT molecular complexity index is 404. The van der Waals surface area contributed by atoms with Gasteiger partial charge in [0.15, 0.2) is 4.73 Å². The van der Waals surface area contributed by atoms with Crippen LogP contribution >= 0.6 is 15.9 Å². The van der Waals surface area contributed by atoms with Crippen molar-refractivity contribution in [2.45, 2.75) is 6.42 Å². The summed E-state index contributed by atoms with van der Waals surface area (Å²) in [6, 6.07) is 1.99. The summed E-state index contributed by atoms with van der Waals surface area (Å²) in [5.74, 6) is 0. The number of aromatic amines is 2. The number of nitrogens with two attached hydrogens (primary N) is 1. The fourth-order valence-corrected chi connectivity index (χ4v) is 1.83. The molecule has 0 spiro atoms. The largest absolute Gasteiger partial charge is 0.367 e. The maximum Gasteiger partial charge on any atom is 0.175 e. The Kier molecular flexibility index (Phi) is 2.69. The highest BCUT2D eigenvalue weighted by atomic mass is 79.9. The van der Waals surface area contributed by atoms with Gasteiger partial charge in [0.25, 0.3) is 0 Å². The number of hydrogen-bond donors (Lipinski definition) is 3. The number of aromatic nitrogens is 3. The third-order valence-electron chi connectivity index (χ3n) is 2.02. The summed E-state index contributed by atoms with van der Waals surface area (Å²) in [5.41, 5.74) is 8.63. The van der Waals surface area contributed by atoms with Gasteiger partial charge in [0.2, 0.25) is 0 Å². The molecule has 0 bridgehead atoms. The number of imidazole rings is 1. The summed E-state index contributed by atoms with van der Waals surface area (Å²) in [6.45, 7) is 0.617. The van der Waals surface area contributed by atoms with Crippen LogP contribution in [0.4, 0.5) is 0 Å². The summed E-state index contributed by atoms with van der Waals surface area (Å²) < 4.78 is 0.747. The Balaban J connectivity index is 2.41. The highest BCUT2D eigenvalue weighted by Gasteiger charge is 2.10. The summed E-state index contributed by atoms with van der Waals surface area (Å²) in [5, 5.41) is 0. The van der Waals surface area contributed by atoms with Crippen molar-refractivity contribution in [3.8, 4) is 11.3 Å². The van der Waals surface area contributed by atoms with Gasteiger partial charge in [-0.05, 0) is 28.5 Å². The molecular formula is C9H11BrN4. The minimum atomic E-state index is 0.617. The van der Waals surface area contributed by atoms with Crippen LogP contribution in [0.1, 0.15) is 5.69 Å². The first kappa shape index (κ1) is 9.48. The number of nitrogens with zero attached hydrogens (tertiary/aromatic N) is 1. The molecule has 0 saturated carbocycles. The topological polar surface area (TPSA) is 70.5 Å². The lowest BCUT2D eigenvalue weighted by Gasteiger charge is -1.97. The van der Waals surface area contributed by atoms with E-state index >= 15 is 0 Å². The van der Waals surface area contributed by atoms with Gasteiger partial charge in [-0.1, -0.05) is 0 Å². The van der Waals surface area contributed by atoms with E-state index in [2.05, 4.69) is 30.9 Å². The molecule has 5 heteroatoms. The Morgan fingerprint density at radius 3 is 3.00 bits per heavy atom. The average Bonchev–Trinajstić information content (AvgIpc) is 2.74. The molecule has 0 aliphatic rings. The first-order chi connectivity index (χ1) is 6.81. The normalized spacial score (nSPS) is 10.7. The molecule has 4 N–H and O–H groups in total. The molecule has 74 valence electrons. The van der Waals surface area contributed by atoms with E-state index in [1.165, 1.54) is 0 Å². The van der Waals surface area contributed by atoms with E-state index in [1.807, 2.05) is 18.5 Å². The molecule has 4 nitrogen and oxygen atoms in total. The van der Waals surface area contributed by atoms with Gasteiger partial charge in [-0.2, -0.15) is 0 Å². The van der Waals surface area contributed by atoms with E-state index in [-0.39, 0.29) is 0 Å². The molecule has 0 radical (unpaired) electrons. The van der Waals surface area contributed by atoms with Crippen LogP contribution in [0.25, 0.3) is 11.3 Å². The van der Waals surface area contributed by atoms with Crippen LogP contribution in [0.5, 0.6) is 0 Å². The lowest BCUT2D eigenvalue weighted by Crippen LogP contribution is -2.03. The summed E-state index contributed by atoms with van der Waals surface area (Å²) in [4.78, 5) is 10.5. The first-order valence-corrected chi connectivity index (χ1v) is 5.18. The van der Waals surface area contributed by atoms with Crippen molar-refractivity contribution in [3.05, 3.63) is 28.9 Å². The van der Waals surface area contributed by atoms with Crippen molar-refractivity contribution in [3.63, 3.8) is 0 Å². The number of H-pyrrole nitrogens is 2. The van der Waals surface area contributed by atoms with Crippen LogP contribution in [0, 0.1) is 0 Å². The molecule has 14 heavy (non-hydrogen) atoms. The van der Waals surface area contributed by atoms with E-state index in [1.54, 1.807) is 0 Å². The van der Waals surface area contributed by atoms with Crippen LogP contribution in [-0.2, 0) is 6.42 Å². The fraction of sp³-hybridized carbons (Fsp3) is 0.222. The summed E-state index contributed by atoms with van der Waals surface area (Å²) in [7, 11) is 0. The zero-order valence-corrected chi connectivity index (χ0v) is 9.13. The first-order valence-electron chi connectivity index (χ1n) is 4.39. The van der Waals surface area contributed by atoms with Crippen molar-refractivity contribution >= 4 is 15.9 Å². The molecule has 0 unspecified atom stereocenters. The minimum Gasteiger partial charge on any atom is -0.367 e. The fourth-order valence-electron chi connectivity index (χ4n) is 1.41. The van der Waals surface area contributed by atoms with E-state index < -0.39 is 0 Å². The molecule has 0 amide bonds. The number of nitrogens with one attached hydrogen (secondary N) is 2. The summed E-state index contributed by atoms with van der Waals surface area (Å²) >= 11 is 3.32. The van der Waals surface area contributed by atoms with Crippen LogP contribution < -0.4 is 5.73 Å². The molecule has 0 atom stereocenters. The smallest absolute Gasteiger partial charge is 0.175 e. The number of hydrogen-bond acceptors (Lipinski definition) is 2. The molecule has 2 rings (SSSR count). The Labute approximate surface area is 90.1 Å². The van der Waals surface area contributed by atoms with Crippen molar-refractivity contribution < 1.29 is 0 Å². The van der Waals surface area contributed by atoms with E-state index in [0.29, 0.717) is 6.54 Å². The van der Waals surface area contributed by atoms with Crippen molar-refractivity contribution in [2.75, 3.05) is 6.54 Å². The second kappa shape index (κ2) is 3.98. The van der Waals surface area contributed by atoms with Crippen LogP contribution in [-0.4, -0.2) is 21.5 Å². The predicted octanol–water partition coefficient (Wildman–Crippen LogP) is 1.67. The maximum atomic E-state index is 5.52. The van der Waals surface area contributed by atoms with Gasteiger partial charge in [0.05, 0.1) is 5.69 Å². The lowest BCUT2D eigenvalue weighted by atomic mass is 10.1. The third kappa shape index (κ3) is 1.73. The van der Waals surface area contributed by atoms with Gasteiger partial charge in [-0.15, -0.1) is 0 Å². The molecule has 0 aliphatic heterocycles. The average molecular weight is 255 g/mol. The Morgan fingerprint density at radius 1 is 1.50 bits per heavy atom. The van der Waals surface area contributed by atoms with Gasteiger partial charge in [-0.3, -0.25) is 0 Å². The van der Waals surface area contributed by atoms with Gasteiger partial charge in [0, 0.05) is 30.1 Å². The van der Waals surface area contributed by atoms with Gasteiger partial charge in [-0.25, -0.2) is 4.98 Å². The number of halogens is 1. The standard InChI is InChI=1S/C9H11BrN4/c10-9-13-7(1-3-11)8(14-9)6-2-4-12-5-6/h2,4-5,12H,1,3,11H2,(H,13,14). The highest BCUT2D eigenvalue weighted by Crippen LogP contribution is 2.23. The quantitative estimate of drug-likeness (QED) is 0.780. The Morgan fingerprint density at radius 2 is 2.36 bits per heavy atom. The van der Waals surface area contributed by atoms with Gasteiger partial charge < -0.3 is 15.7 Å². The Hall–Kier alpha value is -1.07. The zero-order chi connectivity index (χ0) is 9.97. The van der Waals surface area contributed by atoms with Crippen LogP contribution in [0.2, 0.25) is 0 Å². The van der Waals surface area contributed by atoms with Crippen molar-refractivity contribution in [2.24, 2.45) is 5.73 Å². The van der Waals surface area contributed by atoms with Crippen LogP contribution in [0.15, 0.2) is 23.2 Å². The van der Waals surface area contributed by atoms with E-state index in [4.69, 9.17) is 5.73 Å². The van der Waals surface area contributed by atoms with Gasteiger partial charge >= 0.3 is 0 Å². The monoisotopic (exact) mass is 254 g/mol. The van der Waals surface area contributed by atoms with Gasteiger partial charge in [0.1, 0.15) is 0 Å². The second-order valence-corrected chi connectivity index (χ2v) is 3.74. The van der Waals surface area contributed by atoms with E-state index in [0.717, 1.165) is 28.1 Å². The maximum absolute atomic E-state index is 5.52. The molecular weight excluding hydrogens is 244 g/mol. The number of rotatable bonds is 3. The predicted molar refractivity (Wildman–Crippen MR) is 58.8 cm³/mol. The minimum absolute atomic E-state index is 0.617. The highest BCUT2D eigenvalue weighted by molar-refractivity contribution is 9.10. The molecule has 0 fully saturated rings. The second-order valence-electron chi connectivity index (χ2n) is 2.99. The molecule has 2 heterocycles. The lowest BCUT2D eigenvalue weighted by molar-refractivity contribution is 0.934. The molecule has 0 aromatic carbocycles. The third-order valence-corrected chi connectivity index (χ3v) is 2.39. The van der Waals surface area contributed by atoms with Crippen molar-refractivity contribution in [1.82, 2.24) is 15.0 Å². The molecule has 2 aromatic rings.